The van der Waals surface area contributed by atoms with E-state index in [4.69, 9.17) is 0 Å². The third-order valence-electron chi connectivity index (χ3n) is 6.09. The molecule has 6 rings (SSSR count). The van der Waals surface area contributed by atoms with E-state index in [1.807, 2.05) is 0 Å². The molecule has 0 aliphatic carbocycles. The molecule has 6 aromatic carbocycles. The lowest BCUT2D eigenvalue weighted by Gasteiger charge is -2.18. The van der Waals surface area contributed by atoms with Crippen LogP contribution in [0.3, 0.4) is 0 Å². The number of rotatable bonds is 6. The van der Waals surface area contributed by atoms with Gasteiger partial charge in [0.1, 0.15) is 0 Å². The summed E-state index contributed by atoms with van der Waals surface area (Å²) in [6, 6.07) is 64.7. The highest BCUT2D eigenvalue weighted by Crippen LogP contribution is 2.33. The molecule has 0 aliphatic rings. The van der Waals surface area contributed by atoms with Crippen molar-refractivity contribution >= 4 is 47.7 Å². The van der Waals surface area contributed by atoms with E-state index in [9.17, 15) is 0 Å². The predicted molar refractivity (Wildman–Crippen MR) is 170 cm³/mol. The predicted octanol–water partition coefficient (Wildman–Crippen LogP) is 3.89. The van der Waals surface area contributed by atoms with Crippen molar-refractivity contribution in [2.75, 3.05) is 0 Å². The van der Waals surface area contributed by atoms with Crippen LogP contribution in [0.1, 0.15) is 0 Å². The van der Waals surface area contributed by atoms with Crippen LogP contribution in [0.25, 0.3) is 0 Å². The highest BCUT2D eigenvalue weighted by atomic mass is 79.9. The second kappa shape index (κ2) is 15.3. The molecule has 0 bridgehead atoms. The van der Waals surface area contributed by atoms with Gasteiger partial charge < -0.3 is 17.0 Å². The number of halogens is 1. The number of hydrogen-bond acceptors (Lipinski definition) is 0. The summed E-state index contributed by atoms with van der Waals surface area (Å²) in [6.45, 7) is 0. The van der Waals surface area contributed by atoms with Crippen LogP contribution in [-0.2, 0) is 0 Å². The van der Waals surface area contributed by atoms with Gasteiger partial charge in [-0.2, -0.15) is 0 Å². The van der Waals surface area contributed by atoms with E-state index >= 15 is 0 Å². The quantitative estimate of drug-likeness (QED) is 0.253. The second-order valence-corrected chi connectivity index (χ2v) is 13.1. The summed E-state index contributed by atoms with van der Waals surface area (Å²) in [5.41, 5.74) is 0. The molecule has 0 saturated carbocycles. The smallest absolute Gasteiger partial charge is 0.0134 e. The van der Waals surface area contributed by atoms with Crippen molar-refractivity contribution in [3.63, 3.8) is 0 Å². The molecule has 0 radical (unpaired) electrons. The third-order valence-corrected chi connectivity index (χ3v) is 11.0. The molecule has 0 aromatic heterocycles. The molecule has 0 aliphatic heterocycles. The Morgan fingerprint density at radius 2 is 0.333 bits per heavy atom. The Bertz CT molecular complexity index is 1170. The Kier molecular flexibility index (Phi) is 11.2. The number of benzene rings is 6. The largest absolute Gasteiger partial charge is 1.00 e. The van der Waals surface area contributed by atoms with E-state index in [1.165, 1.54) is 31.8 Å². The Balaban J connectivity index is 0.000000176. The van der Waals surface area contributed by atoms with Crippen LogP contribution < -0.4 is 48.8 Å². The topological polar surface area (TPSA) is 0 Å². The summed E-state index contributed by atoms with van der Waals surface area (Å²) >= 11 is 0. The normalized spacial score (nSPS) is 10.3. The van der Waals surface area contributed by atoms with E-state index < -0.39 is 15.8 Å². The van der Waals surface area contributed by atoms with Crippen LogP contribution in [0.2, 0.25) is 0 Å². The Morgan fingerprint density at radius 3 is 0.462 bits per heavy atom. The first kappa shape index (κ1) is 28.7. The van der Waals surface area contributed by atoms with E-state index in [-0.39, 0.29) is 17.0 Å². The van der Waals surface area contributed by atoms with Crippen molar-refractivity contribution in [3.8, 4) is 0 Å². The Hall–Kier alpha value is -3.34. The van der Waals surface area contributed by atoms with E-state index in [1.54, 1.807) is 0 Å². The lowest BCUT2D eigenvalue weighted by atomic mass is 10.4. The van der Waals surface area contributed by atoms with Crippen molar-refractivity contribution < 1.29 is 17.0 Å². The minimum Gasteiger partial charge on any atom is -1.00 e. The lowest BCUT2D eigenvalue weighted by Crippen LogP contribution is -3.00. The third kappa shape index (κ3) is 7.84. The monoisotopic (exact) mass is 603 g/mol. The zero-order valence-corrected chi connectivity index (χ0v) is 25.0. The highest BCUT2D eigenvalue weighted by Gasteiger charge is 2.16. The molecule has 6 aromatic rings. The van der Waals surface area contributed by atoms with Gasteiger partial charge in [0.25, 0.3) is 0 Å². The maximum absolute atomic E-state index is 2.23. The first-order valence-electron chi connectivity index (χ1n) is 12.8. The van der Waals surface area contributed by atoms with Crippen molar-refractivity contribution in [2.45, 2.75) is 0 Å². The zero-order valence-electron chi connectivity index (χ0n) is 21.6. The van der Waals surface area contributed by atoms with Gasteiger partial charge in [0.05, 0.1) is 0 Å². The summed E-state index contributed by atoms with van der Waals surface area (Å²) in [4.78, 5) is 0. The summed E-state index contributed by atoms with van der Waals surface area (Å²) in [6.07, 6.45) is 0. The molecule has 0 heterocycles. The van der Waals surface area contributed by atoms with Gasteiger partial charge in [-0.15, -0.1) is 0 Å². The van der Waals surface area contributed by atoms with E-state index in [0.717, 1.165) is 0 Å². The summed E-state index contributed by atoms with van der Waals surface area (Å²) in [7, 11) is -0.892. The van der Waals surface area contributed by atoms with Crippen LogP contribution in [-0.4, -0.2) is 0 Å². The van der Waals surface area contributed by atoms with Gasteiger partial charge in [0.2, 0.25) is 0 Å². The van der Waals surface area contributed by atoms with Crippen molar-refractivity contribution in [2.24, 2.45) is 0 Å². The minimum absolute atomic E-state index is 0. The average Bonchev–Trinajstić information content (AvgIpc) is 3.01. The fraction of sp³-hybridized carbons (Fsp3) is 0. The first-order chi connectivity index (χ1) is 18.9. The van der Waals surface area contributed by atoms with Crippen LogP contribution in [0, 0.1) is 0 Å². The molecule has 0 N–H and O–H groups in total. The maximum Gasteiger partial charge on any atom is -0.0134 e. The molecule has 0 unspecified atom stereocenters. The summed E-state index contributed by atoms with van der Waals surface area (Å²) in [5, 5.41) is 8.39. The van der Waals surface area contributed by atoms with E-state index in [2.05, 4.69) is 182 Å². The van der Waals surface area contributed by atoms with Gasteiger partial charge >= 0.3 is 0 Å². The Morgan fingerprint density at radius 1 is 0.205 bits per heavy atom. The van der Waals surface area contributed by atoms with Gasteiger partial charge in [-0.05, 0) is 47.7 Å². The SMILES string of the molecule is [Br-].c1ccc(P(c2ccccc2)c2ccccc2)cc1.c1ccc(P(c2ccccc2)c2ccccc2)cc1. The van der Waals surface area contributed by atoms with Crippen LogP contribution in [0.15, 0.2) is 182 Å². The Labute approximate surface area is 245 Å². The average molecular weight is 604 g/mol. The van der Waals surface area contributed by atoms with Crippen LogP contribution in [0.5, 0.6) is 0 Å². The molecule has 0 fully saturated rings. The number of hydrogen-bond donors (Lipinski definition) is 0. The van der Waals surface area contributed by atoms with Gasteiger partial charge in [-0.1, -0.05) is 182 Å². The van der Waals surface area contributed by atoms with Gasteiger partial charge in [0, 0.05) is 0 Å². The van der Waals surface area contributed by atoms with E-state index in [0.29, 0.717) is 0 Å². The molecule has 0 atom stereocenters. The molecule has 39 heavy (non-hydrogen) atoms. The fourth-order valence-electron chi connectivity index (χ4n) is 4.36. The fourth-order valence-corrected chi connectivity index (χ4v) is 8.97. The summed E-state index contributed by atoms with van der Waals surface area (Å²) in [5.74, 6) is 0. The summed E-state index contributed by atoms with van der Waals surface area (Å²) < 4.78 is 0. The molecule has 192 valence electrons. The molecular formula is C36H30BrP2-. The molecule has 0 nitrogen and oxygen atoms in total. The minimum atomic E-state index is -0.446. The van der Waals surface area contributed by atoms with Crippen molar-refractivity contribution in [3.05, 3.63) is 182 Å². The second-order valence-electron chi connectivity index (χ2n) is 8.68. The van der Waals surface area contributed by atoms with Gasteiger partial charge in [-0.25, -0.2) is 0 Å². The van der Waals surface area contributed by atoms with Crippen molar-refractivity contribution in [1.82, 2.24) is 0 Å². The first-order valence-corrected chi connectivity index (χ1v) is 15.5. The lowest BCUT2D eigenvalue weighted by molar-refractivity contribution is -0.00000713. The van der Waals surface area contributed by atoms with Gasteiger partial charge in [-0.3, -0.25) is 0 Å². The molecule has 0 amide bonds. The van der Waals surface area contributed by atoms with Gasteiger partial charge in [0.15, 0.2) is 0 Å². The maximum atomic E-state index is 2.23. The molecule has 0 spiro atoms. The standard InChI is InChI=1S/2C18H15P.BrH/c2*1-4-10-16(11-5-1)19(17-12-6-2-7-13-17)18-14-8-3-9-15-18;/h2*1-15H;1H/p-1. The molecule has 3 heteroatoms. The zero-order chi connectivity index (χ0) is 25.8. The highest BCUT2D eigenvalue weighted by molar-refractivity contribution is 7.80. The van der Waals surface area contributed by atoms with Crippen molar-refractivity contribution in [1.29, 1.82) is 0 Å². The van der Waals surface area contributed by atoms with Crippen LogP contribution >= 0.6 is 15.8 Å². The van der Waals surface area contributed by atoms with Crippen LogP contribution in [0.4, 0.5) is 0 Å². The molecule has 0 saturated heterocycles. The molecular weight excluding hydrogens is 574 g/mol.